The average Bonchev–Trinajstić information content (AvgIpc) is 3.25. The maximum absolute atomic E-state index is 13.2. The average molecular weight is 450 g/mol. The lowest BCUT2D eigenvalue weighted by molar-refractivity contribution is 0.0950. The smallest absolute Gasteiger partial charge is 0.255 e. The first kappa shape index (κ1) is 21.8. The Kier molecular flexibility index (Phi) is 6.05. The summed E-state index contributed by atoms with van der Waals surface area (Å²) in [5, 5.41) is 16.5. The molecular weight excluding hydrogens is 422 g/mol. The van der Waals surface area contributed by atoms with E-state index in [2.05, 4.69) is 18.3 Å². The molecule has 170 valence electrons. The molecule has 0 fully saturated rings. The van der Waals surface area contributed by atoms with Crippen molar-refractivity contribution in [3.05, 3.63) is 102 Å². The molecule has 4 aromatic carbocycles. The zero-order chi connectivity index (χ0) is 23.5. The van der Waals surface area contributed by atoms with Crippen LogP contribution < -0.4 is 5.32 Å². The predicted octanol–water partition coefficient (Wildman–Crippen LogP) is 7.23. The Hall–Kier alpha value is -4.05. The Morgan fingerprint density at radius 2 is 1.71 bits per heavy atom. The van der Waals surface area contributed by atoms with Gasteiger partial charge in [-0.3, -0.25) is 4.79 Å². The van der Waals surface area contributed by atoms with E-state index in [1.165, 1.54) is 0 Å². The summed E-state index contributed by atoms with van der Waals surface area (Å²) in [5.41, 5.74) is 4.17. The van der Waals surface area contributed by atoms with Crippen LogP contribution in [-0.4, -0.2) is 11.0 Å². The zero-order valence-corrected chi connectivity index (χ0v) is 19.2. The highest BCUT2D eigenvalue weighted by Crippen LogP contribution is 2.36. The maximum Gasteiger partial charge on any atom is 0.255 e. The van der Waals surface area contributed by atoms with E-state index in [9.17, 15) is 9.90 Å². The fraction of sp³-hybridized carbons (Fsp3) is 0.167. The number of rotatable bonds is 7. The molecule has 1 amide bonds. The molecule has 0 spiro atoms. The van der Waals surface area contributed by atoms with Gasteiger partial charge in [0.1, 0.15) is 17.1 Å². The zero-order valence-electron chi connectivity index (χ0n) is 19.2. The van der Waals surface area contributed by atoms with Crippen molar-refractivity contribution in [2.75, 3.05) is 0 Å². The van der Waals surface area contributed by atoms with Crippen molar-refractivity contribution >= 4 is 27.6 Å². The molecule has 0 saturated carbocycles. The predicted molar refractivity (Wildman–Crippen MR) is 137 cm³/mol. The number of carbonyl (C=O) groups excluding carboxylic acids is 1. The molecular formula is C30H27NO3. The SMILES string of the molecule is CCCCc1oc2ccccc2c1C(=O)NCc1ccc2c(-c3ccccc3)c(O)ccc2c1. The number of nitrogens with one attached hydrogen (secondary N) is 1. The van der Waals surface area contributed by atoms with Crippen LogP contribution in [0.4, 0.5) is 0 Å². The second kappa shape index (κ2) is 9.44. The molecule has 0 aliphatic rings. The number of unbranched alkanes of at least 4 members (excludes halogenated alkanes) is 1. The van der Waals surface area contributed by atoms with E-state index >= 15 is 0 Å². The van der Waals surface area contributed by atoms with Gasteiger partial charge in [-0.15, -0.1) is 0 Å². The van der Waals surface area contributed by atoms with E-state index in [1.54, 1.807) is 6.07 Å². The van der Waals surface area contributed by atoms with E-state index in [0.29, 0.717) is 12.1 Å². The molecule has 0 bridgehead atoms. The maximum atomic E-state index is 13.2. The largest absolute Gasteiger partial charge is 0.507 e. The summed E-state index contributed by atoms with van der Waals surface area (Å²) in [6.45, 7) is 2.54. The number of furan rings is 1. The van der Waals surface area contributed by atoms with Crippen molar-refractivity contribution in [2.45, 2.75) is 32.7 Å². The molecule has 5 aromatic rings. The second-order valence-corrected chi connectivity index (χ2v) is 8.56. The molecule has 0 atom stereocenters. The lowest BCUT2D eigenvalue weighted by Gasteiger charge is -2.12. The van der Waals surface area contributed by atoms with Crippen molar-refractivity contribution < 1.29 is 14.3 Å². The molecule has 4 nitrogen and oxygen atoms in total. The molecule has 1 aromatic heterocycles. The summed E-state index contributed by atoms with van der Waals surface area (Å²) >= 11 is 0. The van der Waals surface area contributed by atoms with Crippen molar-refractivity contribution in [2.24, 2.45) is 0 Å². The number of benzene rings is 4. The van der Waals surface area contributed by atoms with Gasteiger partial charge in [0.2, 0.25) is 0 Å². The number of phenolic OH excluding ortho intramolecular Hbond substituents is 1. The summed E-state index contributed by atoms with van der Waals surface area (Å²) in [6.07, 6.45) is 2.76. The minimum Gasteiger partial charge on any atom is -0.507 e. The highest BCUT2D eigenvalue weighted by molar-refractivity contribution is 6.07. The number of para-hydroxylation sites is 1. The minimum absolute atomic E-state index is 0.119. The molecule has 0 aliphatic carbocycles. The van der Waals surface area contributed by atoms with Crippen LogP contribution in [0.15, 0.2) is 89.3 Å². The Morgan fingerprint density at radius 3 is 2.53 bits per heavy atom. The van der Waals surface area contributed by atoms with Crippen LogP contribution in [0.3, 0.4) is 0 Å². The summed E-state index contributed by atoms with van der Waals surface area (Å²) < 4.78 is 6.01. The molecule has 0 unspecified atom stereocenters. The Balaban J connectivity index is 1.42. The molecule has 1 heterocycles. The van der Waals surface area contributed by atoms with Gasteiger partial charge in [0, 0.05) is 23.9 Å². The highest BCUT2D eigenvalue weighted by Gasteiger charge is 2.20. The fourth-order valence-corrected chi connectivity index (χ4v) is 4.52. The van der Waals surface area contributed by atoms with Gasteiger partial charge < -0.3 is 14.8 Å². The van der Waals surface area contributed by atoms with Crippen LogP contribution in [0.5, 0.6) is 5.75 Å². The Bertz CT molecular complexity index is 1470. The number of aryl methyl sites for hydroxylation is 1. The number of aromatic hydroxyl groups is 1. The van der Waals surface area contributed by atoms with Crippen LogP contribution in [0.1, 0.15) is 41.4 Å². The molecule has 0 aliphatic heterocycles. The van der Waals surface area contributed by atoms with Gasteiger partial charge in [0.15, 0.2) is 0 Å². The standard InChI is InChI=1S/C30H27NO3/c1-2-3-12-27-29(24-11-7-8-13-26(24)34-27)30(33)31-19-20-14-16-23-22(18-20)15-17-25(32)28(23)21-9-5-4-6-10-21/h4-11,13-18,32H,2-3,12,19H2,1H3,(H,31,33). The van der Waals surface area contributed by atoms with Crippen molar-refractivity contribution in [3.8, 4) is 16.9 Å². The molecule has 0 radical (unpaired) electrons. The highest BCUT2D eigenvalue weighted by atomic mass is 16.3. The topological polar surface area (TPSA) is 62.5 Å². The van der Waals surface area contributed by atoms with Gasteiger partial charge in [-0.25, -0.2) is 0 Å². The van der Waals surface area contributed by atoms with Gasteiger partial charge in [-0.05, 0) is 46.5 Å². The summed E-state index contributed by atoms with van der Waals surface area (Å²) in [7, 11) is 0. The monoisotopic (exact) mass is 449 g/mol. The summed E-state index contributed by atoms with van der Waals surface area (Å²) in [5.74, 6) is 0.889. The van der Waals surface area contributed by atoms with Gasteiger partial charge >= 0.3 is 0 Å². The third-order valence-corrected chi connectivity index (χ3v) is 6.23. The number of hydrogen-bond donors (Lipinski definition) is 2. The molecule has 0 saturated heterocycles. The number of amides is 1. The lowest BCUT2D eigenvalue weighted by atomic mass is 9.96. The first-order valence-corrected chi connectivity index (χ1v) is 11.7. The molecule has 34 heavy (non-hydrogen) atoms. The minimum atomic E-state index is -0.119. The van der Waals surface area contributed by atoms with Gasteiger partial charge in [0.25, 0.3) is 5.91 Å². The van der Waals surface area contributed by atoms with E-state index in [1.807, 2.05) is 72.8 Å². The van der Waals surface area contributed by atoms with Gasteiger partial charge in [-0.1, -0.05) is 80.1 Å². The van der Waals surface area contributed by atoms with Crippen LogP contribution in [-0.2, 0) is 13.0 Å². The molecule has 2 N–H and O–H groups in total. The van der Waals surface area contributed by atoms with Crippen molar-refractivity contribution in [1.82, 2.24) is 5.32 Å². The number of fused-ring (bicyclic) bond motifs is 2. The first-order valence-electron chi connectivity index (χ1n) is 11.7. The first-order chi connectivity index (χ1) is 16.7. The summed E-state index contributed by atoms with van der Waals surface area (Å²) in [4.78, 5) is 13.2. The van der Waals surface area contributed by atoms with E-state index in [4.69, 9.17) is 4.42 Å². The van der Waals surface area contributed by atoms with Gasteiger partial charge in [-0.2, -0.15) is 0 Å². The third-order valence-electron chi connectivity index (χ3n) is 6.23. The molecule has 4 heteroatoms. The van der Waals surface area contributed by atoms with Crippen LogP contribution in [0, 0.1) is 0 Å². The van der Waals surface area contributed by atoms with Crippen LogP contribution in [0.2, 0.25) is 0 Å². The van der Waals surface area contributed by atoms with E-state index in [0.717, 1.165) is 63.5 Å². The van der Waals surface area contributed by atoms with E-state index in [-0.39, 0.29) is 11.7 Å². The molecule has 5 rings (SSSR count). The quantitative estimate of drug-likeness (QED) is 0.275. The lowest BCUT2D eigenvalue weighted by Crippen LogP contribution is -2.23. The number of hydrogen-bond acceptors (Lipinski definition) is 3. The van der Waals surface area contributed by atoms with Crippen LogP contribution in [0.25, 0.3) is 32.9 Å². The number of phenols is 1. The summed E-state index contributed by atoms with van der Waals surface area (Å²) in [6, 6.07) is 27.3. The Labute approximate surface area is 198 Å². The van der Waals surface area contributed by atoms with Crippen molar-refractivity contribution in [3.63, 3.8) is 0 Å². The van der Waals surface area contributed by atoms with E-state index < -0.39 is 0 Å². The number of carbonyl (C=O) groups is 1. The third kappa shape index (κ3) is 4.15. The second-order valence-electron chi connectivity index (χ2n) is 8.56. The Morgan fingerprint density at radius 1 is 0.912 bits per heavy atom. The normalized spacial score (nSPS) is 11.2. The fourth-order valence-electron chi connectivity index (χ4n) is 4.52. The van der Waals surface area contributed by atoms with Crippen molar-refractivity contribution in [1.29, 1.82) is 0 Å². The van der Waals surface area contributed by atoms with Gasteiger partial charge in [0.05, 0.1) is 5.56 Å². The van der Waals surface area contributed by atoms with Crippen LogP contribution >= 0.6 is 0 Å².